The van der Waals surface area contributed by atoms with Gasteiger partial charge >= 0.3 is 0 Å². The van der Waals surface area contributed by atoms with E-state index >= 15 is 0 Å². The van der Waals surface area contributed by atoms with Crippen molar-refractivity contribution in [3.05, 3.63) is 12.2 Å². The highest BCUT2D eigenvalue weighted by Gasteiger charge is 1.98. The minimum atomic E-state index is 0.339. The quantitative estimate of drug-likeness (QED) is 0.459. The van der Waals surface area contributed by atoms with Crippen molar-refractivity contribution in [3.8, 4) is 0 Å². The molecule has 0 aliphatic carbocycles. The topological polar surface area (TPSA) is 20.2 Å². The fourth-order valence-electron chi connectivity index (χ4n) is 1.23. The molecule has 0 aliphatic heterocycles. The van der Waals surface area contributed by atoms with Crippen molar-refractivity contribution < 1.29 is 5.11 Å². The SMILES string of the molecule is CC/C=C/CCCC(C)CCO. The van der Waals surface area contributed by atoms with Crippen LogP contribution in [0.3, 0.4) is 0 Å². The maximum absolute atomic E-state index is 8.66. The molecule has 0 aromatic rings. The molecule has 0 heterocycles. The number of rotatable bonds is 7. The van der Waals surface area contributed by atoms with Gasteiger partial charge in [-0.25, -0.2) is 0 Å². The molecule has 1 nitrogen and oxygen atoms in total. The molecule has 1 N–H and O–H groups in total. The highest BCUT2D eigenvalue weighted by atomic mass is 16.2. The number of aliphatic hydroxyl groups is 1. The molecule has 0 saturated carbocycles. The largest absolute Gasteiger partial charge is 0.396 e. The lowest BCUT2D eigenvalue weighted by molar-refractivity contribution is 0.257. The van der Waals surface area contributed by atoms with Gasteiger partial charge in [0.25, 0.3) is 0 Å². The van der Waals surface area contributed by atoms with E-state index in [4.69, 9.17) is 5.11 Å². The Morgan fingerprint density at radius 1 is 1.25 bits per heavy atom. The smallest absolute Gasteiger partial charge is 0.0433 e. The second kappa shape index (κ2) is 8.79. The number of hydrogen-bond acceptors (Lipinski definition) is 1. The Labute approximate surface area is 76.5 Å². The number of aliphatic hydroxyl groups excluding tert-OH is 1. The van der Waals surface area contributed by atoms with Crippen LogP contribution in [0.5, 0.6) is 0 Å². The third-order valence-corrected chi connectivity index (χ3v) is 2.09. The molecule has 0 spiro atoms. The lowest BCUT2D eigenvalue weighted by Crippen LogP contribution is -1.97. The fourth-order valence-corrected chi connectivity index (χ4v) is 1.23. The normalized spacial score (nSPS) is 13.9. The summed E-state index contributed by atoms with van der Waals surface area (Å²) in [5, 5.41) is 8.66. The Hall–Kier alpha value is -0.300. The van der Waals surface area contributed by atoms with E-state index in [0.29, 0.717) is 12.5 Å². The highest BCUT2D eigenvalue weighted by Crippen LogP contribution is 2.11. The second-order valence-electron chi connectivity index (χ2n) is 3.43. The van der Waals surface area contributed by atoms with Crippen LogP contribution in [0.1, 0.15) is 46.0 Å². The summed E-state index contributed by atoms with van der Waals surface area (Å²) in [7, 11) is 0. The van der Waals surface area contributed by atoms with Gasteiger partial charge in [0.15, 0.2) is 0 Å². The monoisotopic (exact) mass is 170 g/mol. The molecule has 12 heavy (non-hydrogen) atoms. The highest BCUT2D eigenvalue weighted by molar-refractivity contribution is 4.79. The van der Waals surface area contributed by atoms with Crippen LogP contribution < -0.4 is 0 Å². The van der Waals surface area contributed by atoms with Crippen LogP contribution in [0, 0.1) is 5.92 Å². The molecule has 1 unspecified atom stereocenters. The summed E-state index contributed by atoms with van der Waals surface area (Å²) in [6.45, 7) is 4.70. The van der Waals surface area contributed by atoms with Crippen molar-refractivity contribution in [1.29, 1.82) is 0 Å². The van der Waals surface area contributed by atoms with Crippen LogP contribution in [0.4, 0.5) is 0 Å². The second-order valence-corrected chi connectivity index (χ2v) is 3.43. The van der Waals surface area contributed by atoms with E-state index in [1.807, 2.05) is 0 Å². The van der Waals surface area contributed by atoms with E-state index in [0.717, 1.165) is 12.8 Å². The van der Waals surface area contributed by atoms with Crippen LogP contribution in [0.15, 0.2) is 12.2 Å². The molecule has 0 radical (unpaired) electrons. The van der Waals surface area contributed by atoms with E-state index in [1.165, 1.54) is 19.3 Å². The van der Waals surface area contributed by atoms with Crippen molar-refractivity contribution >= 4 is 0 Å². The maximum atomic E-state index is 8.66. The van der Waals surface area contributed by atoms with Gasteiger partial charge in [-0.3, -0.25) is 0 Å². The van der Waals surface area contributed by atoms with Crippen LogP contribution >= 0.6 is 0 Å². The third kappa shape index (κ3) is 7.80. The van der Waals surface area contributed by atoms with Crippen molar-refractivity contribution in [3.63, 3.8) is 0 Å². The molecule has 0 rings (SSSR count). The zero-order valence-corrected chi connectivity index (χ0v) is 8.42. The Morgan fingerprint density at radius 2 is 2.00 bits per heavy atom. The summed E-state index contributed by atoms with van der Waals surface area (Å²) in [5.41, 5.74) is 0. The molecule has 1 atom stereocenters. The molecular weight excluding hydrogens is 148 g/mol. The number of hydrogen-bond donors (Lipinski definition) is 1. The molecule has 0 aromatic heterocycles. The molecule has 0 aliphatic rings. The predicted octanol–water partition coefficient (Wildman–Crippen LogP) is 3.14. The Bertz CT molecular complexity index is 108. The summed E-state index contributed by atoms with van der Waals surface area (Å²) in [5.74, 6) is 0.685. The average molecular weight is 170 g/mol. The molecule has 0 aromatic carbocycles. The minimum Gasteiger partial charge on any atom is -0.396 e. The molecule has 72 valence electrons. The Morgan fingerprint density at radius 3 is 2.58 bits per heavy atom. The average Bonchev–Trinajstić information content (AvgIpc) is 2.05. The van der Waals surface area contributed by atoms with Crippen LogP contribution in [-0.2, 0) is 0 Å². The van der Waals surface area contributed by atoms with Crippen LogP contribution in [0.25, 0.3) is 0 Å². The van der Waals surface area contributed by atoms with E-state index in [9.17, 15) is 0 Å². The van der Waals surface area contributed by atoms with E-state index < -0.39 is 0 Å². The molecule has 1 heteroatoms. The number of allylic oxidation sites excluding steroid dienone is 2. The zero-order chi connectivity index (χ0) is 9.23. The zero-order valence-electron chi connectivity index (χ0n) is 8.42. The first-order valence-electron chi connectivity index (χ1n) is 5.07. The first-order valence-corrected chi connectivity index (χ1v) is 5.07. The van der Waals surface area contributed by atoms with E-state index in [2.05, 4.69) is 26.0 Å². The van der Waals surface area contributed by atoms with Gasteiger partial charge < -0.3 is 5.11 Å². The summed E-state index contributed by atoms with van der Waals surface area (Å²) in [4.78, 5) is 0. The van der Waals surface area contributed by atoms with Gasteiger partial charge in [-0.05, 0) is 31.6 Å². The number of unbranched alkanes of at least 4 members (excludes halogenated alkanes) is 1. The summed E-state index contributed by atoms with van der Waals surface area (Å²) >= 11 is 0. The molecule has 0 amide bonds. The minimum absolute atomic E-state index is 0.339. The van der Waals surface area contributed by atoms with Gasteiger partial charge in [-0.1, -0.05) is 32.4 Å². The summed E-state index contributed by atoms with van der Waals surface area (Å²) in [6, 6.07) is 0. The maximum Gasteiger partial charge on any atom is 0.0433 e. The first kappa shape index (κ1) is 11.7. The predicted molar refractivity (Wildman–Crippen MR) is 54.1 cm³/mol. The van der Waals surface area contributed by atoms with E-state index in [1.54, 1.807) is 0 Å². The van der Waals surface area contributed by atoms with E-state index in [-0.39, 0.29) is 0 Å². The van der Waals surface area contributed by atoms with Crippen LogP contribution in [-0.4, -0.2) is 11.7 Å². The molecule has 0 saturated heterocycles. The summed E-state index contributed by atoms with van der Waals surface area (Å²) in [6.07, 6.45) is 10.3. The van der Waals surface area contributed by atoms with Crippen molar-refractivity contribution in [1.82, 2.24) is 0 Å². The van der Waals surface area contributed by atoms with Gasteiger partial charge in [0.1, 0.15) is 0 Å². The lowest BCUT2D eigenvalue weighted by atomic mass is 10.0. The Balaban J connectivity index is 3.13. The standard InChI is InChI=1S/C11H22O/c1-3-4-5-6-7-8-11(2)9-10-12/h4-5,11-12H,3,6-10H2,1-2H3/b5-4+. The molecular formula is C11H22O. The van der Waals surface area contributed by atoms with Gasteiger partial charge in [0.2, 0.25) is 0 Å². The molecule has 0 fully saturated rings. The van der Waals surface area contributed by atoms with Crippen LogP contribution in [0.2, 0.25) is 0 Å². The van der Waals surface area contributed by atoms with Gasteiger partial charge in [-0.15, -0.1) is 0 Å². The first-order chi connectivity index (χ1) is 5.81. The van der Waals surface area contributed by atoms with Gasteiger partial charge in [-0.2, -0.15) is 0 Å². The third-order valence-electron chi connectivity index (χ3n) is 2.09. The lowest BCUT2D eigenvalue weighted by Gasteiger charge is -2.07. The van der Waals surface area contributed by atoms with Crippen molar-refractivity contribution in [2.45, 2.75) is 46.0 Å². The van der Waals surface area contributed by atoms with Crippen molar-refractivity contribution in [2.24, 2.45) is 5.92 Å². The van der Waals surface area contributed by atoms with Gasteiger partial charge in [0.05, 0.1) is 0 Å². The Kier molecular flexibility index (Phi) is 8.57. The fraction of sp³-hybridized carbons (Fsp3) is 0.818. The summed E-state index contributed by atoms with van der Waals surface area (Å²) < 4.78 is 0. The van der Waals surface area contributed by atoms with Crippen molar-refractivity contribution in [2.75, 3.05) is 6.61 Å². The molecule has 0 bridgehead atoms. The van der Waals surface area contributed by atoms with Gasteiger partial charge in [0, 0.05) is 6.61 Å².